The summed E-state index contributed by atoms with van der Waals surface area (Å²) in [6.07, 6.45) is 3.06. The number of rotatable bonds is 11. The van der Waals surface area contributed by atoms with Gasteiger partial charge in [-0.05, 0) is 55.9 Å². The summed E-state index contributed by atoms with van der Waals surface area (Å²) in [7, 11) is 0. The van der Waals surface area contributed by atoms with Gasteiger partial charge in [-0.2, -0.15) is 0 Å². The molecular formula is C27H36N2O4. The van der Waals surface area contributed by atoms with Crippen LogP contribution in [-0.2, 0) is 22.4 Å². The predicted octanol–water partition coefficient (Wildman–Crippen LogP) is 4.16. The molecule has 1 aliphatic rings. The van der Waals surface area contributed by atoms with Crippen LogP contribution in [0.15, 0.2) is 48.5 Å². The normalized spacial score (nSPS) is 14.3. The van der Waals surface area contributed by atoms with Crippen LogP contribution in [0.5, 0.6) is 11.5 Å². The van der Waals surface area contributed by atoms with Crippen LogP contribution >= 0.6 is 0 Å². The smallest absolute Gasteiger partial charge is 0.243 e. The van der Waals surface area contributed by atoms with E-state index in [1.54, 1.807) is 4.90 Å². The number of benzene rings is 2. The molecule has 0 unspecified atom stereocenters. The van der Waals surface area contributed by atoms with E-state index < -0.39 is 6.04 Å². The maximum Gasteiger partial charge on any atom is 0.243 e. The lowest BCUT2D eigenvalue weighted by atomic mass is 10.0. The van der Waals surface area contributed by atoms with Crippen LogP contribution in [-0.4, -0.2) is 48.6 Å². The first kappa shape index (κ1) is 24.6. The molecule has 0 aromatic heterocycles. The molecular weight excluding hydrogens is 416 g/mol. The van der Waals surface area contributed by atoms with Crippen molar-refractivity contribution in [3.63, 3.8) is 0 Å². The number of aryl methyl sites for hydroxylation is 1. The van der Waals surface area contributed by atoms with E-state index in [-0.39, 0.29) is 17.9 Å². The number of fused-ring (bicyclic) bond motifs is 1. The van der Waals surface area contributed by atoms with Gasteiger partial charge in [0.15, 0.2) is 11.5 Å². The third-order valence-electron chi connectivity index (χ3n) is 6.11. The molecule has 0 fully saturated rings. The van der Waals surface area contributed by atoms with Gasteiger partial charge in [0.05, 0.1) is 0 Å². The van der Waals surface area contributed by atoms with Crippen molar-refractivity contribution in [3.05, 3.63) is 59.7 Å². The average molecular weight is 453 g/mol. The summed E-state index contributed by atoms with van der Waals surface area (Å²) in [6.45, 7) is 7.59. The minimum atomic E-state index is -0.476. The van der Waals surface area contributed by atoms with Crippen LogP contribution in [0.1, 0.15) is 51.2 Å². The number of amides is 2. The lowest BCUT2D eigenvalue weighted by Crippen LogP contribution is -2.51. The Labute approximate surface area is 197 Å². The molecule has 2 aromatic rings. The molecule has 1 N–H and O–H groups in total. The zero-order valence-electron chi connectivity index (χ0n) is 20.0. The number of carbonyl (C=O) groups is 2. The summed E-state index contributed by atoms with van der Waals surface area (Å²) in [4.78, 5) is 28.1. The largest absolute Gasteiger partial charge is 0.486 e. The van der Waals surface area contributed by atoms with E-state index in [0.717, 1.165) is 29.0 Å². The fourth-order valence-corrected chi connectivity index (χ4v) is 3.98. The Morgan fingerprint density at radius 1 is 0.939 bits per heavy atom. The van der Waals surface area contributed by atoms with Crippen molar-refractivity contribution < 1.29 is 19.1 Å². The molecule has 0 spiro atoms. The first-order chi connectivity index (χ1) is 16.0. The maximum atomic E-state index is 13.4. The average Bonchev–Trinajstić information content (AvgIpc) is 2.85. The van der Waals surface area contributed by atoms with E-state index in [0.29, 0.717) is 45.4 Å². The lowest BCUT2D eigenvalue weighted by molar-refractivity contribution is -0.141. The number of nitrogens with zero attached hydrogens (tertiary/aromatic N) is 1. The fraction of sp³-hybridized carbons (Fsp3) is 0.481. The summed E-state index contributed by atoms with van der Waals surface area (Å²) < 4.78 is 11.3. The van der Waals surface area contributed by atoms with Gasteiger partial charge in [0.1, 0.15) is 19.3 Å². The Morgan fingerprint density at radius 3 is 2.36 bits per heavy atom. The number of carbonyl (C=O) groups excluding carboxylic acids is 2. The Bertz CT molecular complexity index is 916. The second-order valence-corrected chi connectivity index (χ2v) is 8.54. The molecule has 0 aliphatic carbocycles. The minimum Gasteiger partial charge on any atom is -0.486 e. The Morgan fingerprint density at radius 2 is 1.67 bits per heavy atom. The molecule has 178 valence electrons. The number of hydrogen-bond donors (Lipinski definition) is 1. The monoisotopic (exact) mass is 452 g/mol. The second kappa shape index (κ2) is 12.3. The Kier molecular flexibility index (Phi) is 9.16. The summed E-state index contributed by atoms with van der Waals surface area (Å²) >= 11 is 0. The standard InChI is InChI=1S/C27H36N2O4/c1-4-20(3)28-27(31)23(5-2)29(16-15-21-9-7-6-8-10-21)26(30)14-12-22-11-13-24-25(19-22)33-18-17-32-24/h6-11,13,19-20,23H,4-5,12,14-18H2,1-3H3,(H,28,31)/t20-,23+/m0/s1. The molecule has 3 rings (SSSR count). The lowest BCUT2D eigenvalue weighted by Gasteiger charge is -2.31. The molecule has 2 aromatic carbocycles. The van der Waals surface area contributed by atoms with Crippen molar-refractivity contribution in [1.82, 2.24) is 10.2 Å². The number of ether oxygens (including phenoxy) is 2. The number of nitrogens with one attached hydrogen (secondary N) is 1. The third-order valence-corrected chi connectivity index (χ3v) is 6.11. The van der Waals surface area contributed by atoms with Crippen molar-refractivity contribution in [2.24, 2.45) is 0 Å². The molecule has 0 saturated heterocycles. The summed E-state index contributed by atoms with van der Waals surface area (Å²) in [5, 5.41) is 3.06. The second-order valence-electron chi connectivity index (χ2n) is 8.54. The van der Waals surface area contributed by atoms with Gasteiger partial charge in [0, 0.05) is 19.0 Å². The fourth-order valence-electron chi connectivity index (χ4n) is 3.98. The van der Waals surface area contributed by atoms with Crippen molar-refractivity contribution in [2.75, 3.05) is 19.8 Å². The van der Waals surface area contributed by atoms with E-state index in [1.807, 2.05) is 57.2 Å². The van der Waals surface area contributed by atoms with Gasteiger partial charge in [0.2, 0.25) is 11.8 Å². The van der Waals surface area contributed by atoms with Crippen LogP contribution in [0, 0.1) is 0 Å². The molecule has 0 radical (unpaired) electrons. The maximum absolute atomic E-state index is 13.4. The first-order valence-corrected chi connectivity index (χ1v) is 12.0. The van der Waals surface area contributed by atoms with Crippen molar-refractivity contribution in [2.45, 2.75) is 65.0 Å². The summed E-state index contributed by atoms with van der Waals surface area (Å²) in [5.74, 6) is 1.39. The van der Waals surface area contributed by atoms with Crippen LogP contribution in [0.2, 0.25) is 0 Å². The highest BCUT2D eigenvalue weighted by molar-refractivity contribution is 5.88. The van der Waals surface area contributed by atoms with Crippen LogP contribution in [0.25, 0.3) is 0 Å². The molecule has 1 aliphatic heterocycles. The highest BCUT2D eigenvalue weighted by Gasteiger charge is 2.28. The molecule has 0 saturated carbocycles. The van der Waals surface area contributed by atoms with E-state index in [4.69, 9.17) is 9.47 Å². The summed E-state index contributed by atoms with van der Waals surface area (Å²) in [5.41, 5.74) is 2.17. The van der Waals surface area contributed by atoms with Gasteiger partial charge in [-0.3, -0.25) is 9.59 Å². The van der Waals surface area contributed by atoms with Gasteiger partial charge in [0.25, 0.3) is 0 Å². The van der Waals surface area contributed by atoms with Gasteiger partial charge in [-0.25, -0.2) is 0 Å². The molecule has 1 heterocycles. The summed E-state index contributed by atoms with van der Waals surface area (Å²) in [6, 6.07) is 15.5. The van der Waals surface area contributed by atoms with E-state index in [1.165, 1.54) is 0 Å². The molecule has 0 bridgehead atoms. The zero-order chi connectivity index (χ0) is 23.6. The van der Waals surface area contributed by atoms with Crippen molar-refractivity contribution in [3.8, 4) is 11.5 Å². The van der Waals surface area contributed by atoms with Crippen molar-refractivity contribution >= 4 is 11.8 Å². The molecule has 33 heavy (non-hydrogen) atoms. The third kappa shape index (κ3) is 6.98. The van der Waals surface area contributed by atoms with E-state index >= 15 is 0 Å². The van der Waals surface area contributed by atoms with Crippen LogP contribution < -0.4 is 14.8 Å². The zero-order valence-corrected chi connectivity index (χ0v) is 20.0. The minimum absolute atomic E-state index is 0.00743. The first-order valence-electron chi connectivity index (χ1n) is 12.0. The van der Waals surface area contributed by atoms with Gasteiger partial charge in [-0.15, -0.1) is 0 Å². The van der Waals surface area contributed by atoms with E-state index in [2.05, 4.69) is 17.4 Å². The van der Waals surface area contributed by atoms with Gasteiger partial charge in [-0.1, -0.05) is 50.2 Å². The molecule has 6 nitrogen and oxygen atoms in total. The van der Waals surface area contributed by atoms with Crippen LogP contribution in [0.4, 0.5) is 0 Å². The molecule has 2 amide bonds. The van der Waals surface area contributed by atoms with E-state index in [9.17, 15) is 9.59 Å². The highest BCUT2D eigenvalue weighted by Crippen LogP contribution is 2.31. The highest BCUT2D eigenvalue weighted by atomic mass is 16.6. The Hall–Kier alpha value is -3.02. The quantitative estimate of drug-likeness (QED) is 0.556. The topological polar surface area (TPSA) is 67.9 Å². The van der Waals surface area contributed by atoms with Crippen molar-refractivity contribution in [1.29, 1.82) is 0 Å². The Balaban J connectivity index is 1.70. The predicted molar refractivity (Wildman–Crippen MR) is 130 cm³/mol. The molecule has 6 heteroatoms. The van der Waals surface area contributed by atoms with Crippen LogP contribution in [0.3, 0.4) is 0 Å². The number of hydrogen-bond acceptors (Lipinski definition) is 4. The SMILES string of the molecule is CC[C@H](C(=O)N[C@@H](C)CC)N(CCc1ccccc1)C(=O)CCc1ccc2c(c1)OCCO2. The van der Waals surface area contributed by atoms with Gasteiger partial charge < -0.3 is 19.7 Å². The van der Waals surface area contributed by atoms with Gasteiger partial charge >= 0.3 is 0 Å². The molecule has 2 atom stereocenters.